The molecule has 9 nitrogen and oxygen atoms in total. The van der Waals surface area contributed by atoms with E-state index < -0.39 is 10.0 Å². The van der Waals surface area contributed by atoms with Crippen molar-refractivity contribution >= 4 is 27.0 Å². The van der Waals surface area contributed by atoms with Crippen LogP contribution in [0.2, 0.25) is 0 Å². The van der Waals surface area contributed by atoms with Crippen molar-refractivity contribution in [2.75, 3.05) is 7.05 Å². The summed E-state index contributed by atoms with van der Waals surface area (Å²) in [6.07, 6.45) is 4.81. The van der Waals surface area contributed by atoms with E-state index in [9.17, 15) is 13.2 Å². The Morgan fingerprint density at radius 3 is 2.67 bits per heavy atom. The minimum absolute atomic E-state index is 0.0382. The summed E-state index contributed by atoms with van der Waals surface area (Å²) >= 11 is 0. The number of nitrogens with one attached hydrogen (secondary N) is 2. The fraction of sp³-hybridized carbons (Fsp3) is 0.150. The van der Waals surface area contributed by atoms with Gasteiger partial charge in [-0.15, -0.1) is 0 Å². The van der Waals surface area contributed by atoms with Crippen LogP contribution < -0.4 is 10.0 Å². The number of para-hydroxylation sites is 2. The lowest BCUT2D eigenvalue weighted by Gasteiger charge is -2.07. The number of rotatable bonds is 6. The monoisotopic (exact) mass is 424 g/mol. The van der Waals surface area contributed by atoms with Crippen LogP contribution in [0.4, 0.5) is 0 Å². The van der Waals surface area contributed by atoms with Gasteiger partial charge >= 0.3 is 0 Å². The molecule has 4 aromatic rings. The van der Waals surface area contributed by atoms with Crippen LogP contribution in [0.25, 0.3) is 16.9 Å². The van der Waals surface area contributed by atoms with E-state index in [0.29, 0.717) is 0 Å². The lowest BCUT2D eigenvalue weighted by Crippen LogP contribution is -2.24. The summed E-state index contributed by atoms with van der Waals surface area (Å²) in [5, 5.41) is 2.79. The summed E-state index contributed by atoms with van der Waals surface area (Å²) in [6, 6.07) is 12.9. The van der Waals surface area contributed by atoms with Gasteiger partial charge in [0.15, 0.2) is 0 Å². The Bertz CT molecular complexity index is 1320. The van der Waals surface area contributed by atoms with Crippen LogP contribution in [-0.4, -0.2) is 40.5 Å². The molecule has 0 spiro atoms. The van der Waals surface area contributed by atoms with Gasteiger partial charge in [-0.05, 0) is 36.9 Å². The third-order valence-electron chi connectivity index (χ3n) is 4.75. The number of hydrogen-bond acceptors (Lipinski definition) is 5. The van der Waals surface area contributed by atoms with Crippen molar-refractivity contribution in [2.45, 2.75) is 11.4 Å². The zero-order valence-corrected chi connectivity index (χ0v) is 17.2. The van der Waals surface area contributed by atoms with Crippen molar-refractivity contribution in [3.63, 3.8) is 0 Å². The second-order valence-corrected chi connectivity index (χ2v) is 8.58. The van der Waals surface area contributed by atoms with Crippen LogP contribution >= 0.6 is 0 Å². The van der Waals surface area contributed by atoms with Gasteiger partial charge in [-0.25, -0.2) is 23.1 Å². The second-order valence-electron chi connectivity index (χ2n) is 6.69. The number of carbonyl (C=O) groups is 1. The number of nitrogens with zero attached hydrogens (tertiary/aromatic N) is 4. The number of aryl methyl sites for hydroxylation is 1. The zero-order valence-electron chi connectivity index (χ0n) is 16.4. The lowest BCUT2D eigenvalue weighted by atomic mass is 10.2. The first-order chi connectivity index (χ1) is 14.4. The predicted molar refractivity (Wildman–Crippen MR) is 112 cm³/mol. The number of aromatic nitrogens is 4. The zero-order chi connectivity index (χ0) is 21.3. The molecule has 0 aliphatic carbocycles. The SMILES string of the molecule is CNS(=O)(=O)c1cc(C(=O)NCc2ccc(-n3cnc4ccccc43)nc2)n(C)c1. The Balaban J connectivity index is 1.46. The average molecular weight is 424 g/mol. The molecule has 2 N–H and O–H groups in total. The Labute approximate surface area is 173 Å². The summed E-state index contributed by atoms with van der Waals surface area (Å²) in [7, 11) is -0.666. The molecule has 3 heterocycles. The van der Waals surface area contributed by atoms with Crippen LogP contribution in [0.15, 0.2) is 66.1 Å². The third kappa shape index (κ3) is 3.70. The maximum absolute atomic E-state index is 12.5. The molecule has 10 heteroatoms. The molecule has 0 radical (unpaired) electrons. The van der Waals surface area contributed by atoms with Crippen molar-refractivity contribution in [3.8, 4) is 5.82 Å². The lowest BCUT2D eigenvalue weighted by molar-refractivity contribution is 0.0942. The molecule has 30 heavy (non-hydrogen) atoms. The molecule has 3 aromatic heterocycles. The van der Waals surface area contributed by atoms with Crippen LogP contribution in [0, 0.1) is 0 Å². The number of carbonyl (C=O) groups excluding carboxylic acids is 1. The van der Waals surface area contributed by atoms with Gasteiger partial charge < -0.3 is 9.88 Å². The highest BCUT2D eigenvalue weighted by atomic mass is 32.2. The van der Waals surface area contributed by atoms with Crippen LogP contribution in [0.3, 0.4) is 0 Å². The smallest absolute Gasteiger partial charge is 0.268 e. The molecule has 0 bridgehead atoms. The molecule has 0 saturated heterocycles. The summed E-state index contributed by atoms with van der Waals surface area (Å²) in [6.45, 7) is 0.260. The molecule has 1 aromatic carbocycles. The van der Waals surface area contributed by atoms with Crippen molar-refractivity contribution in [1.82, 2.24) is 29.1 Å². The maximum atomic E-state index is 12.5. The number of amides is 1. The summed E-state index contributed by atoms with van der Waals surface area (Å²) < 4.78 is 29.4. The topological polar surface area (TPSA) is 111 Å². The van der Waals surface area contributed by atoms with E-state index in [1.54, 1.807) is 19.6 Å². The first-order valence-corrected chi connectivity index (χ1v) is 10.6. The van der Waals surface area contributed by atoms with Crippen molar-refractivity contribution in [2.24, 2.45) is 7.05 Å². The normalized spacial score (nSPS) is 11.7. The fourth-order valence-corrected chi connectivity index (χ4v) is 3.90. The number of fused-ring (bicyclic) bond motifs is 1. The largest absolute Gasteiger partial charge is 0.347 e. The Morgan fingerprint density at radius 1 is 1.13 bits per heavy atom. The minimum atomic E-state index is -3.61. The Morgan fingerprint density at radius 2 is 1.93 bits per heavy atom. The van der Waals surface area contributed by atoms with Gasteiger partial charge in [0, 0.05) is 26.0 Å². The Kier molecular flexibility index (Phi) is 5.10. The molecule has 0 saturated carbocycles. The van der Waals surface area contributed by atoms with E-state index in [0.717, 1.165) is 22.4 Å². The number of sulfonamides is 1. The van der Waals surface area contributed by atoms with E-state index in [1.807, 2.05) is 41.0 Å². The number of pyridine rings is 1. The first-order valence-electron chi connectivity index (χ1n) is 9.14. The van der Waals surface area contributed by atoms with E-state index in [2.05, 4.69) is 20.0 Å². The van der Waals surface area contributed by atoms with Crippen molar-refractivity contribution in [3.05, 3.63) is 72.4 Å². The molecule has 0 fully saturated rings. The highest BCUT2D eigenvalue weighted by Crippen LogP contribution is 2.17. The van der Waals surface area contributed by atoms with Crippen LogP contribution in [0.5, 0.6) is 0 Å². The molecule has 0 atom stereocenters. The first kappa shape index (κ1) is 19.8. The number of imidazole rings is 1. The van der Waals surface area contributed by atoms with Gasteiger partial charge in [-0.2, -0.15) is 0 Å². The standard InChI is InChI=1S/C20H20N6O3S/c1-21-30(28,29)15-9-18(25(2)12-15)20(27)23-11-14-7-8-19(22-10-14)26-13-24-16-5-3-4-6-17(16)26/h3-10,12-13,21H,11H2,1-2H3,(H,23,27). The molecule has 0 aliphatic heterocycles. The van der Waals surface area contributed by atoms with Gasteiger partial charge in [-0.3, -0.25) is 9.36 Å². The van der Waals surface area contributed by atoms with Crippen LogP contribution in [0.1, 0.15) is 16.1 Å². The van der Waals surface area contributed by atoms with Crippen molar-refractivity contribution in [1.29, 1.82) is 0 Å². The quantitative estimate of drug-likeness (QED) is 0.488. The van der Waals surface area contributed by atoms with Gasteiger partial charge in [0.25, 0.3) is 5.91 Å². The molecule has 0 unspecified atom stereocenters. The second kappa shape index (κ2) is 7.73. The third-order valence-corrected chi connectivity index (χ3v) is 6.14. The predicted octanol–water partition coefficient (Wildman–Crippen LogP) is 1.60. The van der Waals surface area contributed by atoms with Crippen LogP contribution in [-0.2, 0) is 23.6 Å². The number of hydrogen-bond donors (Lipinski definition) is 2. The summed E-state index contributed by atoms with van der Waals surface area (Å²) in [4.78, 5) is 21.4. The number of benzene rings is 1. The molecule has 4 rings (SSSR count). The van der Waals surface area contributed by atoms with E-state index >= 15 is 0 Å². The van der Waals surface area contributed by atoms with Gasteiger partial charge in [0.2, 0.25) is 10.0 Å². The Hall–Kier alpha value is -3.50. The molecule has 0 aliphatic rings. The molecule has 154 valence electrons. The van der Waals surface area contributed by atoms with E-state index in [-0.39, 0.29) is 23.0 Å². The molecular weight excluding hydrogens is 404 g/mol. The van der Waals surface area contributed by atoms with Gasteiger partial charge in [0.1, 0.15) is 22.7 Å². The minimum Gasteiger partial charge on any atom is -0.347 e. The highest BCUT2D eigenvalue weighted by Gasteiger charge is 2.19. The highest BCUT2D eigenvalue weighted by molar-refractivity contribution is 7.89. The fourth-order valence-electron chi connectivity index (χ4n) is 3.10. The molecular formula is C20H20N6O3S. The van der Waals surface area contributed by atoms with E-state index in [4.69, 9.17) is 0 Å². The van der Waals surface area contributed by atoms with Crippen molar-refractivity contribution < 1.29 is 13.2 Å². The maximum Gasteiger partial charge on any atom is 0.268 e. The summed E-state index contributed by atoms with van der Waals surface area (Å²) in [5.41, 5.74) is 2.91. The summed E-state index contributed by atoms with van der Waals surface area (Å²) in [5.74, 6) is 0.350. The average Bonchev–Trinajstić information content (AvgIpc) is 3.36. The van der Waals surface area contributed by atoms with Gasteiger partial charge in [0.05, 0.1) is 11.0 Å². The molecule has 1 amide bonds. The van der Waals surface area contributed by atoms with Gasteiger partial charge in [-0.1, -0.05) is 18.2 Å². The van der Waals surface area contributed by atoms with E-state index in [1.165, 1.54) is 23.9 Å².